The molecule has 1 fully saturated rings. The zero-order valence-corrected chi connectivity index (χ0v) is 9.71. The summed E-state index contributed by atoms with van der Waals surface area (Å²) in [6.07, 6.45) is 1.64. The summed E-state index contributed by atoms with van der Waals surface area (Å²) in [5, 5.41) is 0.114. The Morgan fingerprint density at radius 1 is 1.50 bits per heavy atom. The fraction of sp³-hybridized carbons (Fsp3) is 0.600. The Kier molecular flexibility index (Phi) is 3.16. The Bertz CT molecular complexity index is 500. The van der Waals surface area contributed by atoms with Crippen LogP contribution in [-0.2, 0) is 4.74 Å². The highest BCUT2D eigenvalue weighted by molar-refractivity contribution is 6.30. The molecule has 0 spiro atoms. The van der Waals surface area contributed by atoms with Crippen LogP contribution >= 0.6 is 11.6 Å². The molecule has 1 aromatic rings. The number of halogens is 1. The molecule has 0 aliphatic carbocycles. The van der Waals surface area contributed by atoms with Gasteiger partial charge in [-0.3, -0.25) is 14.3 Å². The Morgan fingerprint density at radius 2 is 2.25 bits per heavy atom. The number of aromatic amines is 1. The molecular weight excluding hydrogens is 232 g/mol. The first kappa shape index (κ1) is 11.4. The maximum Gasteiger partial charge on any atom is 0.329 e. The maximum atomic E-state index is 11.9. The van der Waals surface area contributed by atoms with Crippen LogP contribution < -0.4 is 11.2 Å². The van der Waals surface area contributed by atoms with Gasteiger partial charge in [0.05, 0.1) is 12.6 Å². The van der Waals surface area contributed by atoms with E-state index in [0.717, 1.165) is 12.8 Å². The van der Waals surface area contributed by atoms with E-state index in [2.05, 4.69) is 4.98 Å². The molecule has 0 saturated carbocycles. The van der Waals surface area contributed by atoms with E-state index in [1.54, 1.807) is 6.92 Å². The molecule has 1 aliphatic rings. The second-order valence-corrected chi connectivity index (χ2v) is 4.29. The summed E-state index contributed by atoms with van der Waals surface area (Å²) in [6.45, 7) is 2.70. The summed E-state index contributed by atoms with van der Waals surface area (Å²) in [5.41, 5.74) is -0.424. The SMILES string of the molecule is Cc1c(Cl)[nH]c(=O)n(C2CCCOC2)c1=O. The van der Waals surface area contributed by atoms with E-state index >= 15 is 0 Å². The molecule has 1 unspecified atom stereocenters. The van der Waals surface area contributed by atoms with Crippen molar-refractivity contribution in [3.8, 4) is 0 Å². The Morgan fingerprint density at radius 3 is 2.88 bits per heavy atom. The normalized spacial score (nSPS) is 21.0. The first-order valence-corrected chi connectivity index (χ1v) is 5.57. The van der Waals surface area contributed by atoms with E-state index in [9.17, 15) is 9.59 Å². The number of hydrogen-bond acceptors (Lipinski definition) is 3. The van der Waals surface area contributed by atoms with Crippen molar-refractivity contribution in [2.45, 2.75) is 25.8 Å². The molecule has 1 saturated heterocycles. The molecule has 0 amide bonds. The van der Waals surface area contributed by atoms with Crippen LogP contribution in [0.5, 0.6) is 0 Å². The lowest BCUT2D eigenvalue weighted by Gasteiger charge is -2.23. The summed E-state index contributed by atoms with van der Waals surface area (Å²) < 4.78 is 6.48. The van der Waals surface area contributed by atoms with Crippen molar-refractivity contribution in [3.63, 3.8) is 0 Å². The van der Waals surface area contributed by atoms with Crippen LogP contribution in [0.25, 0.3) is 0 Å². The number of H-pyrrole nitrogens is 1. The summed E-state index contributed by atoms with van der Waals surface area (Å²) in [6, 6.07) is -0.180. The summed E-state index contributed by atoms with van der Waals surface area (Å²) in [5.74, 6) is 0. The molecule has 0 bridgehead atoms. The van der Waals surface area contributed by atoms with Crippen LogP contribution in [0.4, 0.5) is 0 Å². The highest BCUT2D eigenvalue weighted by Gasteiger charge is 2.20. The van der Waals surface area contributed by atoms with Gasteiger partial charge in [0.25, 0.3) is 5.56 Å². The molecule has 0 aromatic carbocycles. The molecule has 1 N–H and O–H groups in total. The molecule has 0 radical (unpaired) electrons. The van der Waals surface area contributed by atoms with Crippen LogP contribution in [-0.4, -0.2) is 22.8 Å². The van der Waals surface area contributed by atoms with Gasteiger partial charge in [0.1, 0.15) is 5.15 Å². The molecule has 1 aromatic heterocycles. The van der Waals surface area contributed by atoms with Crippen LogP contribution in [0, 0.1) is 6.92 Å². The number of aromatic nitrogens is 2. The average Bonchev–Trinajstić information content (AvgIpc) is 2.28. The predicted molar refractivity (Wildman–Crippen MR) is 60.2 cm³/mol. The van der Waals surface area contributed by atoms with Crippen LogP contribution in [0.2, 0.25) is 5.15 Å². The third-order valence-corrected chi connectivity index (χ3v) is 3.18. The lowest BCUT2D eigenvalue weighted by atomic mass is 10.1. The Labute approximate surface area is 97.0 Å². The Balaban J connectivity index is 2.51. The summed E-state index contributed by atoms with van der Waals surface area (Å²) in [4.78, 5) is 26.1. The monoisotopic (exact) mass is 244 g/mol. The average molecular weight is 245 g/mol. The van der Waals surface area contributed by atoms with Crippen molar-refractivity contribution in [2.75, 3.05) is 13.2 Å². The van der Waals surface area contributed by atoms with Gasteiger partial charge >= 0.3 is 5.69 Å². The second-order valence-electron chi connectivity index (χ2n) is 3.92. The maximum absolute atomic E-state index is 11.9. The van der Waals surface area contributed by atoms with E-state index in [0.29, 0.717) is 18.8 Å². The predicted octanol–water partition coefficient (Wildman–Crippen LogP) is 0.850. The van der Waals surface area contributed by atoms with Gasteiger partial charge in [0, 0.05) is 12.2 Å². The molecule has 2 rings (SSSR count). The number of rotatable bonds is 1. The molecule has 6 heteroatoms. The van der Waals surface area contributed by atoms with Crippen LogP contribution in [0.1, 0.15) is 24.4 Å². The molecule has 5 nitrogen and oxygen atoms in total. The summed E-state index contributed by atoms with van der Waals surface area (Å²) in [7, 11) is 0. The van der Waals surface area contributed by atoms with Gasteiger partial charge in [0.2, 0.25) is 0 Å². The number of ether oxygens (including phenoxy) is 1. The minimum absolute atomic E-state index is 0.114. The van der Waals surface area contributed by atoms with Gasteiger partial charge in [-0.1, -0.05) is 11.6 Å². The largest absolute Gasteiger partial charge is 0.379 e. The smallest absolute Gasteiger partial charge is 0.329 e. The molecule has 2 heterocycles. The van der Waals surface area contributed by atoms with E-state index in [-0.39, 0.29) is 16.8 Å². The lowest BCUT2D eigenvalue weighted by molar-refractivity contribution is 0.0563. The highest BCUT2D eigenvalue weighted by atomic mass is 35.5. The third kappa shape index (κ3) is 1.92. The van der Waals surface area contributed by atoms with Crippen LogP contribution in [0.3, 0.4) is 0 Å². The van der Waals surface area contributed by atoms with Crippen LogP contribution in [0.15, 0.2) is 9.59 Å². The van der Waals surface area contributed by atoms with Crippen molar-refractivity contribution in [2.24, 2.45) is 0 Å². The first-order valence-electron chi connectivity index (χ1n) is 5.20. The molecular formula is C10H13ClN2O3. The fourth-order valence-electron chi connectivity index (χ4n) is 1.87. The van der Waals surface area contributed by atoms with Crippen molar-refractivity contribution >= 4 is 11.6 Å². The van der Waals surface area contributed by atoms with Crippen molar-refractivity contribution < 1.29 is 4.74 Å². The molecule has 16 heavy (non-hydrogen) atoms. The quantitative estimate of drug-likeness (QED) is 0.745. The highest BCUT2D eigenvalue weighted by Crippen LogP contribution is 2.16. The van der Waals surface area contributed by atoms with Crippen molar-refractivity contribution in [1.29, 1.82) is 0 Å². The third-order valence-electron chi connectivity index (χ3n) is 2.81. The minimum Gasteiger partial charge on any atom is -0.379 e. The Hall–Kier alpha value is -1.07. The second kappa shape index (κ2) is 4.43. The molecule has 88 valence electrons. The number of nitrogens with zero attached hydrogens (tertiary/aromatic N) is 1. The number of hydrogen-bond donors (Lipinski definition) is 1. The standard InChI is InChI=1S/C10H13ClN2O3/c1-6-8(11)12-10(15)13(9(6)14)7-3-2-4-16-5-7/h7H,2-5H2,1H3,(H,12,15). The van der Waals surface area contributed by atoms with Gasteiger partial charge in [-0.25, -0.2) is 4.79 Å². The molecule has 1 atom stereocenters. The van der Waals surface area contributed by atoms with Gasteiger partial charge < -0.3 is 4.74 Å². The fourth-order valence-corrected chi connectivity index (χ4v) is 2.04. The van der Waals surface area contributed by atoms with Crippen molar-refractivity contribution in [1.82, 2.24) is 9.55 Å². The van der Waals surface area contributed by atoms with E-state index in [1.165, 1.54) is 4.57 Å². The van der Waals surface area contributed by atoms with E-state index in [4.69, 9.17) is 16.3 Å². The zero-order valence-electron chi connectivity index (χ0n) is 8.96. The van der Waals surface area contributed by atoms with Gasteiger partial charge in [-0.05, 0) is 19.8 Å². The minimum atomic E-state index is -0.462. The first-order chi connectivity index (χ1) is 7.61. The summed E-state index contributed by atoms with van der Waals surface area (Å²) >= 11 is 5.73. The van der Waals surface area contributed by atoms with Gasteiger partial charge in [-0.15, -0.1) is 0 Å². The van der Waals surface area contributed by atoms with Crippen molar-refractivity contribution in [3.05, 3.63) is 31.6 Å². The van der Waals surface area contributed by atoms with E-state index in [1.807, 2.05) is 0 Å². The van der Waals surface area contributed by atoms with Gasteiger partial charge in [-0.2, -0.15) is 0 Å². The van der Waals surface area contributed by atoms with E-state index < -0.39 is 5.69 Å². The zero-order chi connectivity index (χ0) is 11.7. The van der Waals surface area contributed by atoms with Gasteiger partial charge in [0.15, 0.2) is 0 Å². The topological polar surface area (TPSA) is 64.1 Å². The molecule has 1 aliphatic heterocycles. The lowest BCUT2D eigenvalue weighted by Crippen LogP contribution is -2.42. The number of nitrogens with one attached hydrogen (secondary N) is 1.